The Kier molecular flexibility index (Phi) is 3.06. The van der Waals surface area contributed by atoms with Crippen molar-refractivity contribution in [1.29, 1.82) is 0 Å². The highest BCUT2D eigenvalue weighted by molar-refractivity contribution is 5.77. The molecule has 0 spiro atoms. The van der Waals surface area contributed by atoms with Crippen LogP contribution in [0.4, 0.5) is 4.39 Å². The first-order valence-electron chi connectivity index (χ1n) is 5.26. The molecule has 1 aromatic heterocycles. The molecule has 5 nitrogen and oxygen atoms in total. The number of aromatic nitrogens is 2. The van der Waals surface area contributed by atoms with Crippen molar-refractivity contribution < 1.29 is 4.39 Å². The van der Waals surface area contributed by atoms with Gasteiger partial charge in [0, 0.05) is 6.54 Å². The van der Waals surface area contributed by atoms with Crippen LogP contribution in [0.3, 0.4) is 0 Å². The van der Waals surface area contributed by atoms with E-state index in [2.05, 4.69) is 4.98 Å². The quantitative estimate of drug-likeness (QED) is 0.798. The van der Waals surface area contributed by atoms with Crippen LogP contribution in [-0.2, 0) is 6.54 Å². The number of rotatable bonds is 3. The van der Waals surface area contributed by atoms with Gasteiger partial charge < -0.3 is 10.7 Å². The summed E-state index contributed by atoms with van der Waals surface area (Å²) in [5.41, 5.74) is 4.37. The molecule has 0 aliphatic heterocycles. The van der Waals surface area contributed by atoms with Gasteiger partial charge in [-0.05, 0) is 25.1 Å². The summed E-state index contributed by atoms with van der Waals surface area (Å²) in [7, 11) is 0. The first-order chi connectivity index (χ1) is 8.15. The average molecular weight is 237 g/mol. The Morgan fingerprint density at radius 2 is 2.12 bits per heavy atom. The second kappa shape index (κ2) is 4.50. The molecule has 17 heavy (non-hydrogen) atoms. The van der Waals surface area contributed by atoms with Gasteiger partial charge in [0.2, 0.25) is 0 Å². The van der Waals surface area contributed by atoms with E-state index in [0.29, 0.717) is 13.0 Å². The molecular weight excluding hydrogens is 225 g/mol. The third-order valence-electron chi connectivity index (χ3n) is 2.55. The standard InChI is InChI=1S/C11H12FN3O2/c12-7-3-1-4-8-9(7)10(16)15(6-2-5-13)11(17)14-8/h1,3-4H,2,5-6,13H2,(H,14,17). The van der Waals surface area contributed by atoms with Crippen molar-refractivity contribution in [2.75, 3.05) is 6.54 Å². The van der Waals surface area contributed by atoms with Crippen molar-refractivity contribution in [2.45, 2.75) is 13.0 Å². The van der Waals surface area contributed by atoms with Crippen molar-refractivity contribution in [3.05, 3.63) is 44.9 Å². The molecule has 0 saturated carbocycles. The molecular formula is C11H12FN3O2. The summed E-state index contributed by atoms with van der Waals surface area (Å²) < 4.78 is 14.5. The maximum atomic E-state index is 13.5. The molecule has 1 heterocycles. The van der Waals surface area contributed by atoms with E-state index in [1.54, 1.807) is 0 Å². The van der Waals surface area contributed by atoms with Gasteiger partial charge in [0.1, 0.15) is 5.82 Å². The summed E-state index contributed by atoms with van der Waals surface area (Å²) in [6.45, 7) is 0.552. The summed E-state index contributed by atoms with van der Waals surface area (Å²) in [6, 6.07) is 4.13. The monoisotopic (exact) mass is 237 g/mol. The minimum atomic E-state index is -0.634. The highest BCUT2D eigenvalue weighted by Gasteiger charge is 2.10. The van der Waals surface area contributed by atoms with Crippen molar-refractivity contribution in [3.63, 3.8) is 0 Å². The maximum absolute atomic E-state index is 13.5. The second-order valence-corrected chi connectivity index (χ2v) is 3.69. The van der Waals surface area contributed by atoms with Gasteiger partial charge in [-0.25, -0.2) is 9.18 Å². The van der Waals surface area contributed by atoms with Crippen LogP contribution in [0.25, 0.3) is 10.9 Å². The number of hydrogen-bond acceptors (Lipinski definition) is 3. The highest BCUT2D eigenvalue weighted by Crippen LogP contribution is 2.09. The van der Waals surface area contributed by atoms with Gasteiger partial charge in [-0.2, -0.15) is 0 Å². The minimum Gasteiger partial charge on any atom is -0.330 e. The summed E-state index contributed by atoms with van der Waals surface area (Å²) >= 11 is 0. The Morgan fingerprint density at radius 1 is 1.35 bits per heavy atom. The zero-order chi connectivity index (χ0) is 12.4. The minimum absolute atomic E-state index is 0.0934. The van der Waals surface area contributed by atoms with Gasteiger partial charge in [-0.1, -0.05) is 6.07 Å². The van der Waals surface area contributed by atoms with E-state index in [0.717, 1.165) is 4.57 Å². The number of aromatic amines is 1. The lowest BCUT2D eigenvalue weighted by Crippen LogP contribution is -2.36. The fraction of sp³-hybridized carbons (Fsp3) is 0.273. The number of halogens is 1. The summed E-state index contributed by atoms with van der Waals surface area (Å²) in [6.07, 6.45) is 0.489. The molecule has 0 radical (unpaired) electrons. The molecule has 0 aliphatic rings. The maximum Gasteiger partial charge on any atom is 0.328 e. The van der Waals surface area contributed by atoms with Crippen LogP contribution in [0.2, 0.25) is 0 Å². The third kappa shape index (κ3) is 1.99. The Bertz CT molecular complexity index is 660. The van der Waals surface area contributed by atoms with E-state index >= 15 is 0 Å². The van der Waals surface area contributed by atoms with Crippen LogP contribution in [0.1, 0.15) is 6.42 Å². The predicted molar refractivity (Wildman–Crippen MR) is 62.5 cm³/mol. The molecule has 2 rings (SSSR count). The first-order valence-corrected chi connectivity index (χ1v) is 5.26. The van der Waals surface area contributed by atoms with Crippen molar-refractivity contribution in [3.8, 4) is 0 Å². The van der Waals surface area contributed by atoms with Crippen LogP contribution >= 0.6 is 0 Å². The van der Waals surface area contributed by atoms with Gasteiger partial charge in [0.05, 0.1) is 10.9 Å². The SMILES string of the molecule is NCCCn1c(=O)[nH]c2cccc(F)c2c1=O. The lowest BCUT2D eigenvalue weighted by molar-refractivity contribution is 0.595. The van der Waals surface area contributed by atoms with E-state index in [4.69, 9.17) is 5.73 Å². The van der Waals surface area contributed by atoms with Crippen LogP contribution in [-0.4, -0.2) is 16.1 Å². The van der Waals surface area contributed by atoms with Crippen LogP contribution in [0.5, 0.6) is 0 Å². The fourth-order valence-corrected chi connectivity index (χ4v) is 1.71. The second-order valence-electron chi connectivity index (χ2n) is 3.69. The van der Waals surface area contributed by atoms with Crippen LogP contribution in [0.15, 0.2) is 27.8 Å². The smallest absolute Gasteiger partial charge is 0.328 e. The largest absolute Gasteiger partial charge is 0.330 e. The van der Waals surface area contributed by atoms with E-state index in [-0.39, 0.29) is 17.4 Å². The molecule has 0 atom stereocenters. The zero-order valence-corrected chi connectivity index (χ0v) is 9.07. The number of hydrogen-bond donors (Lipinski definition) is 2. The number of H-pyrrole nitrogens is 1. The lowest BCUT2D eigenvalue weighted by Gasteiger charge is -2.05. The first kappa shape index (κ1) is 11.5. The fourth-order valence-electron chi connectivity index (χ4n) is 1.71. The predicted octanol–water partition coefficient (Wildman–Crippen LogP) is 0.178. The van der Waals surface area contributed by atoms with E-state index in [9.17, 15) is 14.0 Å². The van der Waals surface area contributed by atoms with Crippen molar-refractivity contribution in [1.82, 2.24) is 9.55 Å². The number of nitrogens with one attached hydrogen (secondary N) is 1. The summed E-state index contributed by atoms with van der Waals surface area (Å²) in [5, 5.41) is -0.0934. The summed E-state index contributed by atoms with van der Waals surface area (Å²) in [5.74, 6) is -0.634. The Hall–Kier alpha value is -1.95. The molecule has 1 aromatic carbocycles. The number of fused-ring (bicyclic) bond motifs is 1. The van der Waals surface area contributed by atoms with Crippen LogP contribution < -0.4 is 17.0 Å². The molecule has 2 aromatic rings. The summed E-state index contributed by atoms with van der Waals surface area (Å²) in [4.78, 5) is 26.0. The molecule has 90 valence electrons. The highest BCUT2D eigenvalue weighted by atomic mass is 19.1. The van der Waals surface area contributed by atoms with Gasteiger partial charge in [-0.15, -0.1) is 0 Å². The molecule has 6 heteroatoms. The molecule has 0 saturated heterocycles. The van der Waals surface area contributed by atoms with Gasteiger partial charge in [0.25, 0.3) is 5.56 Å². The average Bonchev–Trinajstić information content (AvgIpc) is 2.28. The van der Waals surface area contributed by atoms with Crippen molar-refractivity contribution in [2.24, 2.45) is 5.73 Å². The molecule has 0 bridgehead atoms. The Morgan fingerprint density at radius 3 is 2.82 bits per heavy atom. The molecule has 0 unspecified atom stereocenters. The normalized spacial score (nSPS) is 10.9. The Labute approximate surface area is 95.7 Å². The topological polar surface area (TPSA) is 80.9 Å². The van der Waals surface area contributed by atoms with E-state index < -0.39 is 17.1 Å². The zero-order valence-electron chi connectivity index (χ0n) is 9.07. The lowest BCUT2D eigenvalue weighted by atomic mass is 10.2. The molecule has 0 fully saturated rings. The van der Waals surface area contributed by atoms with Gasteiger partial charge in [-0.3, -0.25) is 9.36 Å². The molecule has 0 amide bonds. The molecule has 3 N–H and O–H groups in total. The van der Waals surface area contributed by atoms with E-state index in [1.807, 2.05) is 0 Å². The third-order valence-corrected chi connectivity index (χ3v) is 2.55. The number of nitrogens with two attached hydrogens (primary N) is 1. The number of benzene rings is 1. The van der Waals surface area contributed by atoms with Crippen LogP contribution in [0, 0.1) is 5.82 Å². The Balaban J connectivity index is 2.74. The number of nitrogens with zero attached hydrogens (tertiary/aromatic N) is 1. The molecule has 0 aliphatic carbocycles. The van der Waals surface area contributed by atoms with Crippen molar-refractivity contribution >= 4 is 10.9 Å². The van der Waals surface area contributed by atoms with Gasteiger partial charge >= 0.3 is 5.69 Å². The van der Waals surface area contributed by atoms with E-state index in [1.165, 1.54) is 18.2 Å². The van der Waals surface area contributed by atoms with Gasteiger partial charge in [0.15, 0.2) is 0 Å².